The lowest BCUT2D eigenvalue weighted by atomic mass is 10.2. The van der Waals surface area contributed by atoms with E-state index < -0.39 is 0 Å². The van der Waals surface area contributed by atoms with E-state index in [1.165, 1.54) is 5.56 Å². The van der Waals surface area contributed by atoms with E-state index in [9.17, 15) is 5.11 Å². The molecule has 0 atom stereocenters. The summed E-state index contributed by atoms with van der Waals surface area (Å²) in [7, 11) is 0. The Bertz CT molecular complexity index is 502. The minimum Gasteiger partial charge on any atom is -0.493 e. The molecule has 0 spiro atoms. The van der Waals surface area contributed by atoms with Crippen molar-refractivity contribution in [2.24, 2.45) is 0 Å². The first-order valence-electron chi connectivity index (χ1n) is 5.70. The standard InChI is InChI=1S/C14H14BrNO2/c15-13-1-2-14(12(9-13)10-17)18-8-5-11-3-6-16-7-4-11/h1-4,6-7,9,17H,5,8,10H2. The Morgan fingerprint density at radius 1 is 1.17 bits per heavy atom. The smallest absolute Gasteiger partial charge is 0.124 e. The van der Waals surface area contributed by atoms with E-state index in [0.29, 0.717) is 6.61 Å². The molecule has 2 rings (SSSR count). The monoisotopic (exact) mass is 307 g/mol. The maximum Gasteiger partial charge on any atom is 0.124 e. The van der Waals surface area contributed by atoms with Gasteiger partial charge in [0.15, 0.2) is 0 Å². The number of nitrogens with zero attached hydrogens (tertiary/aromatic N) is 1. The molecule has 0 amide bonds. The van der Waals surface area contributed by atoms with Crippen LogP contribution in [0.25, 0.3) is 0 Å². The van der Waals surface area contributed by atoms with Gasteiger partial charge in [-0.3, -0.25) is 4.98 Å². The van der Waals surface area contributed by atoms with Crippen molar-refractivity contribution in [3.05, 3.63) is 58.3 Å². The number of aliphatic hydroxyl groups excluding tert-OH is 1. The van der Waals surface area contributed by atoms with E-state index in [4.69, 9.17) is 4.74 Å². The van der Waals surface area contributed by atoms with Gasteiger partial charge in [0.1, 0.15) is 5.75 Å². The average Bonchev–Trinajstić information content (AvgIpc) is 2.41. The summed E-state index contributed by atoms with van der Waals surface area (Å²) in [5.41, 5.74) is 1.98. The van der Waals surface area contributed by atoms with Crippen LogP contribution in [0, 0.1) is 0 Å². The van der Waals surface area contributed by atoms with Gasteiger partial charge >= 0.3 is 0 Å². The fourth-order valence-corrected chi connectivity index (χ4v) is 2.05. The van der Waals surface area contributed by atoms with Crippen molar-refractivity contribution in [1.82, 2.24) is 4.98 Å². The third-order valence-corrected chi connectivity index (χ3v) is 3.08. The summed E-state index contributed by atoms with van der Waals surface area (Å²) in [6, 6.07) is 9.57. The Kier molecular flexibility index (Phi) is 4.73. The number of rotatable bonds is 5. The van der Waals surface area contributed by atoms with Gasteiger partial charge in [-0.1, -0.05) is 15.9 Å². The number of ether oxygens (including phenoxy) is 1. The van der Waals surface area contributed by atoms with E-state index in [1.54, 1.807) is 12.4 Å². The third kappa shape index (κ3) is 3.55. The molecular weight excluding hydrogens is 294 g/mol. The molecule has 0 aliphatic heterocycles. The van der Waals surface area contributed by atoms with Crippen LogP contribution in [0.1, 0.15) is 11.1 Å². The fourth-order valence-electron chi connectivity index (χ4n) is 1.64. The number of hydrogen-bond donors (Lipinski definition) is 1. The number of pyridine rings is 1. The maximum atomic E-state index is 9.25. The molecule has 18 heavy (non-hydrogen) atoms. The molecule has 0 aliphatic carbocycles. The minimum absolute atomic E-state index is 0.0238. The van der Waals surface area contributed by atoms with Gasteiger partial charge in [0.05, 0.1) is 13.2 Å². The van der Waals surface area contributed by atoms with Crippen LogP contribution in [0.5, 0.6) is 5.75 Å². The molecule has 2 aromatic rings. The highest BCUT2D eigenvalue weighted by atomic mass is 79.9. The SMILES string of the molecule is OCc1cc(Br)ccc1OCCc1ccncc1. The van der Waals surface area contributed by atoms with Gasteiger partial charge in [0.2, 0.25) is 0 Å². The van der Waals surface area contributed by atoms with Gasteiger partial charge in [0.25, 0.3) is 0 Å². The Hall–Kier alpha value is -1.39. The highest BCUT2D eigenvalue weighted by Gasteiger charge is 2.03. The van der Waals surface area contributed by atoms with Crippen molar-refractivity contribution in [2.75, 3.05) is 6.61 Å². The van der Waals surface area contributed by atoms with E-state index in [0.717, 1.165) is 22.2 Å². The molecule has 1 aromatic carbocycles. The lowest BCUT2D eigenvalue weighted by Crippen LogP contribution is -2.03. The Morgan fingerprint density at radius 2 is 1.94 bits per heavy atom. The molecule has 0 radical (unpaired) electrons. The first-order chi connectivity index (χ1) is 8.79. The van der Waals surface area contributed by atoms with E-state index >= 15 is 0 Å². The molecule has 0 fully saturated rings. The molecule has 0 saturated carbocycles. The van der Waals surface area contributed by atoms with E-state index in [1.807, 2.05) is 30.3 Å². The van der Waals surface area contributed by atoms with Gasteiger partial charge in [-0.15, -0.1) is 0 Å². The largest absolute Gasteiger partial charge is 0.493 e. The minimum atomic E-state index is -0.0238. The van der Waals surface area contributed by atoms with Crippen LogP contribution >= 0.6 is 15.9 Å². The second-order valence-corrected chi connectivity index (χ2v) is 4.78. The van der Waals surface area contributed by atoms with Crippen molar-refractivity contribution in [2.45, 2.75) is 13.0 Å². The molecule has 94 valence electrons. The summed E-state index contributed by atoms with van der Waals surface area (Å²) in [6.07, 6.45) is 4.37. The summed E-state index contributed by atoms with van der Waals surface area (Å²) in [5.74, 6) is 0.731. The topological polar surface area (TPSA) is 42.4 Å². The Balaban J connectivity index is 1.94. The molecule has 1 heterocycles. The van der Waals surface area contributed by atoms with Crippen LogP contribution in [-0.2, 0) is 13.0 Å². The Morgan fingerprint density at radius 3 is 2.67 bits per heavy atom. The average molecular weight is 308 g/mol. The number of aliphatic hydroxyl groups is 1. The van der Waals surface area contributed by atoms with Gasteiger partial charge in [-0.2, -0.15) is 0 Å². The number of halogens is 1. The highest BCUT2D eigenvalue weighted by molar-refractivity contribution is 9.10. The molecular formula is C14H14BrNO2. The van der Waals surface area contributed by atoms with Gasteiger partial charge in [-0.05, 0) is 35.9 Å². The summed E-state index contributed by atoms with van der Waals surface area (Å²) >= 11 is 3.37. The molecule has 0 bridgehead atoms. The predicted molar refractivity (Wildman–Crippen MR) is 73.5 cm³/mol. The zero-order chi connectivity index (χ0) is 12.8. The lowest BCUT2D eigenvalue weighted by molar-refractivity contribution is 0.263. The van der Waals surface area contributed by atoms with Gasteiger partial charge in [-0.25, -0.2) is 0 Å². The van der Waals surface area contributed by atoms with Crippen molar-refractivity contribution in [3.8, 4) is 5.75 Å². The molecule has 1 N–H and O–H groups in total. The quantitative estimate of drug-likeness (QED) is 0.923. The predicted octanol–water partition coefficient (Wildman–Crippen LogP) is 2.96. The first kappa shape index (κ1) is 13.1. The van der Waals surface area contributed by atoms with Crippen molar-refractivity contribution in [1.29, 1.82) is 0 Å². The number of benzene rings is 1. The maximum absolute atomic E-state index is 9.25. The van der Waals surface area contributed by atoms with Crippen LogP contribution in [0.3, 0.4) is 0 Å². The lowest BCUT2D eigenvalue weighted by Gasteiger charge is -2.10. The van der Waals surface area contributed by atoms with E-state index in [-0.39, 0.29) is 6.61 Å². The summed E-state index contributed by atoms with van der Waals surface area (Å²) in [4.78, 5) is 3.97. The van der Waals surface area contributed by atoms with Crippen LogP contribution in [0.15, 0.2) is 47.2 Å². The molecule has 1 aromatic heterocycles. The summed E-state index contributed by atoms with van der Waals surface area (Å²) in [5, 5.41) is 9.25. The van der Waals surface area contributed by atoms with Crippen molar-refractivity contribution < 1.29 is 9.84 Å². The van der Waals surface area contributed by atoms with Gasteiger partial charge in [0, 0.05) is 28.9 Å². The van der Waals surface area contributed by atoms with Gasteiger partial charge < -0.3 is 9.84 Å². The number of aromatic nitrogens is 1. The van der Waals surface area contributed by atoms with Crippen LogP contribution in [-0.4, -0.2) is 16.7 Å². The normalized spacial score (nSPS) is 10.3. The van der Waals surface area contributed by atoms with Crippen LogP contribution in [0.4, 0.5) is 0 Å². The third-order valence-electron chi connectivity index (χ3n) is 2.59. The summed E-state index contributed by atoms with van der Waals surface area (Å²) < 4.78 is 6.62. The molecule has 3 nitrogen and oxygen atoms in total. The summed E-state index contributed by atoms with van der Waals surface area (Å²) in [6.45, 7) is 0.558. The fraction of sp³-hybridized carbons (Fsp3) is 0.214. The molecule has 0 aliphatic rings. The second-order valence-electron chi connectivity index (χ2n) is 3.86. The van der Waals surface area contributed by atoms with Crippen LogP contribution < -0.4 is 4.74 Å². The molecule has 4 heteroatoms. The zero-order valence-corrected chi connectivity index (χ0v) is 11.4. The highest BCUT2D eigenvalue weighted by Crippen LogP contribution is 2.23. The first-order valence-corrected chi connectivity index (χ1v) is 6.50. The van der Waals surface area contributed by atoms with E-state index in [2.05, 4.69) is 20.9 Å². The van der Waals surface area contributed by atoms with Crippen molar-refractivity contribution >= 4 is 15.9 Å². The Labute approximate surface area is 115 Å². The molecule has 0 saturated heterocycles. The van der Waals surface area contributed by atoms with Crippen LogP contribution in [0.2, 0.25) is 0 Å². The zero-order valence-electron chi connectivity index (χ0n) is 9.84. The molecule has 0 unspecified atom stereocenters. The number of hydrogen-bond acceptors (Lipinski definition) is 3. The van der Waals surface area contributed by atoms with Crippen molar-refractivity contribution in [3.63, 3.8) is 0 Å². The second kappa shape index (κ2) is 6.52.